The molecule has 0 saturated carbocycles. The molecule has 33 heavy (non-hydrogen) atoms. The summed E-state index contributed by atoms with van der Waals surface area (Å²) in [5.74, 6) is 1.72. The fourth-order valence-corrected chi connectivity index (χ4v) is 3.73. The number of ether oxygens (including phenoxy) is 2. The first-order chi connectivity index (χ1) is 15.9. The number of hydrogen-bond donors (Lipinski definition) is 2. The highest BCUT2D eigenvalue weighted by Crippen LogP contribution is 2.33. The Morgan fingerprint density at radius 2 is 1.70 bits per heavy atom. The second-order valence-corrected chi connectivity index (χ2v) is 7.50. The lowest BCUT2D eigenvalue weighted by atomic mass is 10.1. The summed E-state index contributed by atoms with van der Waals surface area (Å²) >= 11 is 0. The van der Waals surface area contributed by atoms with Crippen molar-refractivity contribution in [3.8, 4) is 22.8 Å². The molecule has 4 rings (SSSR count). The summed E-state index contributed by atoms with van der Waals surface area (Å²) in [7, 11) is 3.16. The van der Waals surface area contributed by atoms with Gasteiger partial charge in [0.15, 0.2) is 17.3 Å². The van der Waals surface area contributed by atoms with Crippen molar-refractivity contribution in [2.45, 2.75) is 6.92 Å². The van der Waals surface area contributed by atoms with Crippen LogP contribution in [0.4, 0.5) is 16.6 Å². The van der Waals surface area contributed by atoms with Gasteiger partial charge in [-0.25, -0.2) is 14.8 Å². The topological polar surface area (TPSA) is 136 Å². The zero-order valence-electron chi connectivity index (χ0n) is 18.7. The molecular weight excluding hydrogens is 426 g/mol. The zero-order valence-corrected chi connectivity index (χ0v) is 18.7. The number of amides is 3. The Morgan fingerprint density at radius 1 is 0.970 bits per heavy atom. The first-order valence-corrected chi connectivity index (χ1v) is 10.4. The molecule has 2 aromatic heterocycles. The van der Waals surface area contributed by atoms with Gasteiger partial charge in [0.2, 0.25) is 11.9 Å². The number of nitrogens with one attached hydrogen (secondary N) is 1. The molecule has 0 bridgehead atoms. The second kappa shape index (κ2) is 9.15. The average Bonchev–Trinajstić information content (AvgIpc) is 2.82. The van der Waals surface area contributed by atoms with E-state index in [4.69, 9.17) is 20.2 Å². The van der Waals surface area contributed by atoms with Crippen LogP contribution in [0.5, 0.6) is 11.5 Å². The first-order valence-electron chi connectivity index (χ1n) is 10.4. The van der Waals surface area contributed by atoms with E-state index in [1.807, 2.05) is 35.2 Å². The van der Waals surface area contributed by atoms with Crippen molar-refractivity contribution in [3.63, 3.8) is 0 Å². The van der Waals surface area contributed by atoms with Crippen LogP contribution in [0.3, 0.4) is 0 Å². The van der Waals surface area contributed by atoms with Crippen LogP contribution in [-0.4, -0.2) is 72.2 Å². The number of carbonyl (C=O) groups excluding carboxylic acids is 2. The van der Waals surface area contributed by atoms with Gasteiger partial charge in [-0.1, -0.05) is 0 Å². The second-order valence-electron chi connectivity index (χ2n) is 7.50. The number of anilines is 2. The lowest BCUT2D eigenvalue weighted by Crippen LogP contribution is -2.50. The van der Waals surface area contributed by atoms with Crippen LogP contribution >= 0.6 is 0 Å². The van der Waals surface area contributed by atoms with Crippen LogP contribution in [0.25, 0.3) is 22.3 Å². The Kier molecular flexibility index (Phi) is 6.11. The number of rotatable bonds is 5. The fraction of sp³-hybridized carbons (Fsp3) is 0.318. The van der Waals surface area contributed by atoms with Gasteiger partial charge in [-0.3, -0.25) is 10.1 Å². The summed E-state index contributed by atoms with van der Waals surface area (Å²) in [6.45, 7) is 3.38. The van der Waals surface area contributed by atoms with Crippen LogP contribution in [0, 0.1) is 0 Å². The molecule has 1 aromatic carbocycles. The van der Waals surface area contributed by atoms with Crippen molar-refractivity contribution >= 4 is 34.7 Å². The molecule has 11 nitrogen and oxygen atoms in total. The van der Waals surface area contributed by atoms with Gasteiger partial charge in [0, 0.05) is 38.7 Å². The number of piperazine rings is 1. The fourth-order valence-electron chi connectivity index (χ4n) is 3.73. The quantitative estimate of drug-likeness (QED) is 0.600. The highest BCUT2D eigenvalue weighted by atomic mass is 16.5. The molecule has 11 heteroatoms. The summed E-state index contributed by atoms with van der Waals surface area (Å²) in [5.41, 5.74) is 8.13. The molecule has 0 radical (unpaired) electrons. The van der Waals surface area contributed by atoms with Crippen LogP contribution in [0.2, 0.25) is 0 Å². The monoisotopic (exact) mass is 451 g/mol. The van der Waals surface area contributed by atoms with E-state index >= 15 is 0 Å². The van der Waals surface area contributed by atoms with Gasteiger partial charge in [-0.05, 0) is 30.3 Å². The lowest BCUT2D eigenvalue weighted by molar-refractivity contribution is -0.114. The molecule has 1 saturated heterocycles. The number of pyridine rings is 1. The number of benzene rings is 1. The molecule has 1 aliphatic heterocycles. The van der Waals surface area contributed by atoms with E-state index in [0.717, 1.165) is 5.56 Å². The summed E-state index contributed by atoms with van der Waals surface area (Å²) in [6, 6.07) is 8.81. The third-order valence-electron chi connectivity index (χ3n) is 5.38. The molecule has 1 fully saturated rings. The number of aromatic nitrogens is 3. The van der Waals surface area contributed by atoms with E-state index in [2.05, 4.69) is 15.3 Å². The number of urea groups is 1. The third kappa shape index (κ3) is 4.56. The number of hydrogen-bond acceptors (Lipinski definition) is 8. The third-order valence-corrected chi connectivity index (χ3v) is 5.38. The van der Waals surface area contributed by atoms with E-state index < -0.39 is 6.03 Å². The van der Waals surface area contributed by atoms with E-state index in [-0.39, 0.29) is 11.9 Å². The minimum absolute atomic E-state index is 0.197. The van der Waals surface area contributed by atoms with E-state index in [1.165, 1.54) is 6.92 Å². The molecule has 0 spiro atoms. The van der Waals surface area contributed by atoms with E-state index in [1.54, 1.807) is 19.1 Å². The van der Waals surface area contributed by atoms with Crippen molar-refractivity contribution in [3.05, 3.63) is 30.3 Å². The number of methoxy groups -OCH3 is 2. The average molecular weight is 451 g/mol. The molecule has 1 aliphatic rings. The van der Waals surface area contributed by atoms with Gasteiger partial charge >= 0.3 is 6.03 Å². The number of nitrogens with zero attached hydrogens (tertiary/aromatic N) is 5. The maximum absolute atomic E-state index is 11.6. The van der Waals surface area contributed by atoms with Gasteiger partial charge in [-0.15, -0.1) is 0 Å². The molecule has 3 amide bonds. The number of nitrogens with two attached hydrogens (primary N) is 1. The van der Waals surface area contributed by atoms with Crippen molar-refractivity contribution in [1.82, 2.24) is 19.9 Å². The minimum Gasteiger partial charge on any atom is -0.493 e. The molecule has 0 aliphatic carbocycles. The first kappa shape index (κ1) is 22.1. The van der Waals surface area contributed by atoms with Crippen molar-refractivity contribution in [2.24, 2.45) is 5.73 Å². The van der Waals surface area contributed by atoms with Gasteiger partial charge < -0.3 is 25.0 Å². The Labute approximate surface area is 190 Å². The van der Waals surface area contributed by atoms with Crippen LogP contribution < -0.4 is 25.4 Å². The standard InChI is InChI=1S/C22H25N7O4/c1-13(30)24-22-26-16-6-5-15(14-4-7-17(32-2)18(12-14)33-3)25-19(16)20(27-22)28-8-10-29(11-9-28)21(23)31/h4-7,12H,8-11H2,1-3H3,(H2,23,31)(H,24,26,27,30). The van der Waals surface area contributed by atoms with Crippen LogP contribution in [-0.2, 0) is 4.79 Å². The van der Waals surface area contributed by atoms with E-state index in [9.17, 15) is 9.59 Å². The predicted molar refractivity (Wildman–Crippen MR) is 124 cm³/mol. The highest BCUT2D eigenvalue weighted by Gasteiger charge is 2.24. The number of carbonyl (C=O) groups is 2. The molecule has 3 aromatic rings. The predicted octanol–water partition coefficient (Wildman–Crippen LogP) is 1.87. The van der Waals surface area contributed by atoms with Gasteiger partial charge in [-0.2, -0.15) is 4.98 Å². The molecule has 172 valence electrons. The summed E-state index contributed by atoms with van der Waals surface area (Å²) in [5, 5.41) is 2.65. The Bertz CT molecular complexity index is 1210. The van der Waals surface area contributed by atoms with Crippen molar-refractivity contribution in [2.75, 3.05) is 50.6 Å². The van der Waals surface area contributed by atoms with Crippen LogP contribution in [0.1, 0.15) is 6.92 Å². The molecule has 3 heterocycles. The van der Waals surface area contributed by atoms with Gasteiger partial charge in [0.05, 0.1) is 25.4 Å². The minimum atomic E-state index is -0.449. The van der Waals surface area contributed by atoms with Gasteiger partial charge in [0.25, 0.3) is 0 Å². The molecular formula is C22H25N7O4. The largest absolute Gasteiger partial charge is 0.493 e. The maximum Gasteiger partial charge on any atom is 0.314 e. The zero-order chi connectivity index (χ0) is 23.5. The van der Waals surface area contributed by atoms with Crippen molar-refractivity contribution in [1.29, 1.82) is 0 Å². The lowest BCUT2D eigenvalue weighted by Gasteiger charge is -2.34. The maximum atomic E-state index is 11.6. The number of primary amides is 1. The molecule has 0 unspecified atom stereocenters. The smallest absolute Gasteiger partial charge is 0.314 e. The van der Waals surface area contributed by atoms with Gasteiger partial charge in [0.1, 0.15) is 5.52 Å². The highest BCUT2D eigenvalue weighted by molar-refractivity contribution is 5.92. The molecule has 0 atom stereocenters. The summed E-state index contributed by atoms with van der Waals surface area (Å²) in [4.78, 5) is 40.6. The Hall–Kier alpha value is -4.15. The van der Waals surface area contributed by atoms with Crippen LogP contribution in [0.15, 0.2) is 30.3 Å². The van der Waals surface area contributed by atoms with Crippen molar-refractivity contribution < 1.29 is 19.1 Å². The Morgan fingerprint density at radius 3 is 2.33 bits per heavy atom. The SMILES string of the molecule is COc1ccc(-c2ccc3nc(NC(C)=O)nc(N4CCN(C(N)=O)CC4)c3n2)cc1OC. The Balaban J connectivity index is 1.79. The number of fused-ring (bicyclic) bond motifs is 1. The summed E-state index contributed by atoms with van der Waals surface area (Å²) < 4.78 is 10.7. The normalized spacial score (nSPS) is 13.7. The molecule has 3 N–H and O–H groups in total. The summed E-state index contributed by atoms with van der Waals surface area (Å²) in [6.07, 6.45) is 0. The van der Waals surface area contributed by atoms with E-state index in [0.29, 0.717) is 60.2 Å².